The van der Waals surface area contributed by atoms with Crippen LogP contribution in [0.2, 0.25) is 0 Å². The van der Waals surface area contributed by atoms with Gasteiger partial charge in [0.05, 0.1) is 42.0 Å². The van der Waals surface area contributed by atoms with E-state index < -0.39 is 119 Å². The molecular weight excluding hydrogens is 774 g/mol. The summed E-state index contributed by atoms with van der Waals surface area (Å²) in [7, 11) is 5.10. The summed E-state index contributed by atoms with van der Waals surface area (Å²) < 4.78 is 43.5. The molecule has 59 heavy (non-hydrogen) atoms. The fourth-order valence-electron chi connectivity index (χ4n) is 9.20. The Hall–Kier alpha value is -2.32. The first-order chi connectivity index (χ1) is 27.2. The van der Waals surface area contributed by atoms with Crippen LogP contribution in [0.3, 0.4) is 0 Å². The van der Waals surface area contributed by atoms with Crippen LogP contribution < -0.4 is 0 Å². The monoisotopic (exact) mass is 847 g/mol. The summed E-state index contributed by atoms with van der Waals surface area (Å²) >= 11 is 0. The summed E-state index contributed by atoms with van der Waals surface area (Å²) in [6, 6.07) is -0.367. The second kappa shape index (κ2) is 20.7. The summed E-state index contributed by atoms with van der Waals surface area (Å²) in [5, 5.41) is 56.1. The van der Waals surface area contributed by atoms with Gasteiger partial charge in [-0.25, -0.2) is 0 Å². The van der Waals surface area contributed by atoms with Crippen molar-refractivity contribution in [2.75, 3.05) is 21.2 Å². The van der Waals surface area contributed by atoms with Crippen LogP contribution in [0.1, 0.15) is 114 Å². The molecule has 17 nitrogen and oxygen atoms in total. The van der Waals surface area contributed by atoms with Gasteiger partial charge in [-0.2, -0.15) is 0 Å². The second-order valence-corrected chi connectivity index (χ2v) is 18.2. The topological polar surface area (TPSA) is 237 Å². The number of nitrogens with zero attached hydrogens (tertiary/aromatic N) is 1. The molecule has 5 N–H and O–H groups in total. The largest absolute Gasteiger partial charge is 0.481 e. The van der Waals surface area contributed by atoms with E-state index in [0.717, 1.165) is 0 Å². The number of Topliss-reactive ketones (excluding diaryl/α,β-unsaturated/α-hetero) is 1. The maximum atomic E-state index is 14.3. The van der Waals surface area contributed by atoms with Gasteiger partial charge in [-0.05, 0) is 81.3 Å². The van der Waals surface area contributed by atoms with Crippen LogP contribution in [0.25, 0.3) is 0 Å². The van der Waals surface area contributed by atoms with Gasteiger partial charge >= 0.3 is 17.9 Å². The minimum absolute atomic E-state index is 0.0117. The van der Waals surface area contributed by atoms with E-state index in [0.29, 0.717) is 6.42 Å². The van der Waals surface area contributed by atoms with Crippen molar-refractivity contribution < 1.29 is 77.9 Å². The molecule has 0 aliphatic carbocycles. The average molecular weight is 848 g/mol. The minimum atomic E-state index is -2.05. The zero-order chi connectivity index (χ0) is 44.9. The molecule has 0 radical (unpaired) electrons. The Bertz CT molecular complexity index is 1420. The lowest BCUT2D eigenvalue weighted by molar-refractivity contribution is -0.318. The SMILES string of the molecule is CC[C@@H]1OC(=O)[C@H](C)[C@H](O[C@@H]2C[C@](C)(OC)[C@H](OC(=O)CCCC(=O)O)[C@H](C)O2)[C@H](C)[C@H](O[C@@H]2O[C@H](C)C[C@H](N(C)C)[C@@H]2O)[C@](C)(O)C[C@H](C)C(=O)[C@H](C)[C@@H](O)[C@]1(C)O. The molecule has 3 aliphatic rings. The number of cyclic esters (lactones) is 1. The Morgan fingerprint density at radius 2 is 1.53 bits per heavy atom. The number of carboxylic acid groups (broad SMARTS) is 1. The lowest BCUT2D eigenvalue weighted by Crippen LogP contribution is -2.61. The summed E-state index contributed by atoms with van der Waals surface area (Å²) in [5.41, 5.74) is -5.09. The predicted octanol–water partition coefficient (Wildman–Crippen LogP) is 2.59. The van der Waals surface area contributed by atoms with Crippen LogP contribution in [0.5, 0.6) is 0 Å². The molecule has 3 rings (SSSR count). The van der Waals surface area contributed by atoms with E-state index in [4.69, 9.17) is 38.3 Å². The fraction of sp³-hybridized carbons (Fsp3) is 0.905. The maximum absolute atomic E-state index is 14.3. The molecule has 18 atom stereocenters. The Balaban J connectivity index is 2.13. The summed E-state index contributed by atoms with van der Waals surface area (Å²) in [5.74, 6) is -6.97. The van der Waals surface area contributed by atoms with Crippen molar-refractivity contribution in [3.63, 3.8) is 0 Å². The molecule has 3 heterocycles. The number of aliphatic hydroxyl groups excluding tert-OH is 2. The zero-order valence-corrected chi connectivity index (χ0v) is 37.3. The first-order valence-corrected chi connectivity index (χ1v) is 21.0. The van der Waals surface area contributed by atoms with E-state index in [1.807, 2.05) is 25.9 Å². The van der Waals surface area contributed by atoms with Crippen LogP contribution in [-0.2, 0) is 52.3 Å². The predicted molar refractivity (Wildman–Crippen MR) is 212 cm³/mol. The maximum Gasteiger partial charge on any atom is 0.311 e. The molecule has 342 valence electrons. The van der Waals surface area contributed by atoms with Crippen molar-refractivity contribution in [3.05, 3.63) is 0 Å². The van der Waals surface area contributed by atoms with Crippen LogP contribution in [-0.4, -0.2) is 160 Å². The molecule has 0 aromatic carbocycles. The van der Waals surface area contributed by atoms with Crippen molar-refractivity contribution in [2.24, 2.45) is 23.7 Å². The van der Waals surface area contributed by atoms with Gasteiger partial charge in [0.25, 0.3) is 0 Å². The Morgan fingerprint density at radius 1 is 0.898 bits per heavy atom. The van der Waals surface area contributed by atoms with Gasteiger partial charge < -0.3 is 63.6 Å². The van der Waals surface area contributed by atoms with Crippen LogP contribution >= 0.6 is 0 Å². The van der Waals surface area contributed by atoms with Gasteiger partial charge in [-0.3, -0.25) is 19.2 Å². The molecule has 0 aromatic rings. The van der Waals surface area contributed by atoms with Crippen molar-refractivity contribution >= 4 is 23.7 Å². The van der Waals surface area contributed by atoms with E-state index in [1.54, 1.807) is 41.5 Å². The number of esters is 2. The third-order valence-corrected chi connectivity index (χ3v) is 12.8. The zero-order valence-electron chi connectivity index (χ0n) is 37.3. The van der Waals surface area contributed by atoms with Crippen molar-refractivity contribution in [3.8, 4) is 0 Å². The van der Waals surface area contributed by atoms with Gasteiger partial charge in [0, 0.05) is 50.2 Å². The van der Waals surface area contributed by atoms with Crippen LogP contribution in [0, 0.1) is 23.7 Å². The van der Waals surface area contributed by atoms with E-state index in [2.05, 4.69) is 0 Å². The second-order valence-electron chi connectivity index (χ2n) is 18.2. The molecule has 0 aromatic heterocycles. The van der Waals surface area contributed by atoms with Gasteiger partial charge in [-0.15, -0.1) is 0 Å². The molecule has 3 fully saturated rings. The molecule has 0 bridgehead atoms. The number of methoxy groups -OCH3 is 1. The van der Waals surface area contributed by atoms with Gasteiger partial charge in [0.15, 0.2) is 18.7 Å². The van der Waals surface area contributed by atoms with Gasteiger partial charge in [0.2, 0.25) is 0 Å². The third kappa shape index (κ3) is 12.2. The number of aliphatic carboxylic acids is 1. The standard InChI is InChI=1S/C42H73NO16/c1-14-28-42(10,52)35(49)23(4)32(47)21(2)19-40(8,51)36(59-39-33(48)27(43(11)12)18-22(3)54-39)24(5)34(25(6)38(50)56-28)58-31-20-41(9,53-13)37(26(7)55-31)57-30(46)17-15-16-29(44)45/h21-28,31,33-37,39,48-49,51-52H,14-20H2,1-13H3,(H,44,45)/t21-,22+,23-,24-,25+,26-,27-,28-,31+,33-,34+,35+,36-,37+,39-,40+,41-,42+/m0/s1. The highest BCUT2D eigenvalue weighted by Gasteiger charge is 2.54. The van der Waals surface area contributed by atoms with Gasteiger partial charge in [-0.1, -0.05) is 27.7 Å². The summed E-state index contributed by atoms with van der Waals surface area (Å²) in [4.78, 5) is 53.8. The Morgan fingerprint density at radius 3 is 2.08 bits per heavy atom. The van der Waals surface area contributed by atoms with Crippen LogP contribution in [0.15, 0.2) is 0 Å². The number of carbonyl (C=O) groups excluding carboxylic acids is 3. The molecule has 3 saturated heterocycles. The molecule has 0 amide bonds. The molecule has 17 heteroatoms. The molecule has 3 aliphatic heterocycles. The molecule has 0 saturated carbocycles. The smallest absolute Gasteiger partial charge is 0.311 e. The number of hydrogen-bond donors (Lipinski definition) is 5. The van der Waals surface area contributed by atoms with E-state index in [-0.39, 0.29) is 50.7 Å². The molecule has 0 spiro atoms. The van der Waals surface area contributed by atoms with E-state index in [1.165, 1.54) is 27.9 Å². The highest BCUT2D eigenvalue weighted by molar-refractivity contribution is 5.83. The molecular formula is C42H73NO16. The lowest BCUT2D eigenvalue weighted by Gasteiger charge is -2.49. The van der Waals surface area contributed by atoms with E-state index >= 15 is 0 Å². The lowest BCUT2D eigenvalue weighted by atomic mass is 9.74. The number of likely N-dealkylation sites (N-methyl/N-ethyl adjacent to an activating group) is 1. The van der Waals surface area contributed by atoms with Crippen LogP contribution in [0.4, 0.5) is 0 Å². The normalized spacial score (nSPS) is 44.4. The minimum Gasteiger partial charge on any atom is -0.481 e. The number of aliphatic hydroxyl groups is 4. The average Bonchev–Trinajstić information content (AvgIpc) is 3.14. The first kappa shape index (κ1) is 51.0. The van der Waals surface area contributed by atoms with Crippen molar-refractivity contribution in [1.82, 2.24) is 4.90 Å². The summed E-state index contributed by atoms with van der Waals surface area (Å²) in [6.07, 6.45) is -10.8. The highest BCUT2D eigenvalue weighted by Crippen LogP contribution is 2.41. The number of ketones is 1. The van der Waals surface area contributed by atoms with E-state index in [9.17, 15) is 39.6 Å². The molecule has 0 unspecified atom stereocenters. The van der Waals surface area contributed by atoms with Crippen molar-refractivity contribution in [1.29, 1.82) is 0 Å². The van der Waals surface area contributed by atoms with Gasteiger partial charge in [0.1, 0.15) is 29.2 Å². The number of carbonyl (C=O) groups is 4. The fourth-order valence-corrected chi connectivity index (χ4v) is 9.20. The Labute approximate surface area is 349 Å². The quantitative estimate of drug-likeness (QED) is 0.178. The number of hydrogen-bond acceptors (Lipinski definition) is 16. The third-order valence-electron chi connectivity index (χ3n) is 12.8. The number of ether oxygens (including phenoxy) is 7. The Kier molecular flexibility index (Phi) is 17.9. The highest BCUT2D eigenvalue weighted by atomic mass is 16.7. The first-order valence-electron chi connectivity index (χ1n) is 21.0. The van der Waals surface area contributed by atoms with Crippen molar-refractivity contribution in [2.45, 2.75) is 198 Å². The number of rotatable bonds is 12. The summed E-state index contributed by atoms with van der Waals surface area (Å²) in [6.45, 7) is 16.1. The number of carboxylic acids is 1.